The van der Waals surface area contributed by atoms with E-state index in [1.165, 1.54) is 12.1 Å². The van der Waals surface area contributed by atoms with Crippen LogP contribution in [0, 0.1) is 0 Å². The van der Waals surface area contributed by atoms with Crippen molar-refractivity contribution in [1.82, 2.24) is 5.32 Å². The lowest BCUT2D eigenvalue weighted by Gasteiger charge is -2.11. The van der Waals surface area contributed by atoms with Gasteiger partial charge in [0.05, 0.1) is 12.2 Å². The number of hydrogen-bond donors (Lipinski definition) is 3. The van der Waals surface area contributed by atoms with Crippen LogP contribution in [0.25, 0.3) is 0 Å². The van der Waals surface area contributed by atoms with Crippen LogP contribution in [0.5, 0.6) is 5.75 Å². The van der Waals surface area contributed by atoms with E-state index in [9.17, 15) is 9.90 Å². The van der Waals surface area contributed by atoms with Crippen molar-refractivity contribution in [2.75, 3.05) is 6.61 Å². The summed E-state index contributed by atoms with van der Waals surface area (Å²) in [5.74, 6) is -0.490. The number of hydrogen-bond acceptors (Lipinski definition) is 3. The maximum Gasteiger partial charge on any atom is 0.255 e. The number of nitrogens with one attached hydrogen (secondary N) is 1. The summed E-state index contributed by atoms with van der Waals surface area (Å²) in [6.07, 6.45) is 0. The summed E-state index contributed by atoms with van der Waals surface area (Å²) in [5, 5.41) is 20.8. The Balaban J connectivity index is 2.86. The van der Waals surface area contributed by atoms with E-state index in [4.69, 9.17) is 5.11 Å². The number of carbonyl (C=O) groups is 1. The quantitative estimate of drug-likeness (QED) is 0.777. The Bertz CT molecular complexity index is 368. The highest BCUT2D eigenvalue weighted by Crippen LogP contribution is 2.21. The van der Waals surface area contributed by atoms with E-state index in [1.807, 2.05) is 0 Å². The minimum atomic E-state index is -0.407. The summed E-state index contributed by atoms with van der Waals surface area (Å²) >= 11 is 3.21. The Morgan fingerprint density at radius 1 is 1.60 bits per heavy atom. The fourth-order valence-corrected chi connectivity index (χ4v) is 1.40. The van der Waals surface area contributed by atoms with Gasteiger partial charge in [0.1, 0.15) is 5.75 Å². The molecule has 0 aliphatic rings. The molecule has 0 aliphatic heterocycles. The molecule has 0 spiro atoms. The second-order valence-electron chi connectivity index (χ2n) is 3.22. The van der Waals surface area contributed by atoms with E-state index >= 15 is 0 Å². The Morgan fingerprint density at radius 3 is 2.87 bits per heavy atom. The molecule has 0 aliphatic carbocycles. The normalized spacial score (nSPS) is 12.2. The summed E-state index contributed by atoms with van der Waals surface area (Å²) in [5.41, 5.74) is 0.185. The zero-order valence-electron chi connectivity index (χ0n) is 8.20. The summed E-state index contributed by atoms with van der Waals surface area (Å²) in [7, 11) is 0. The average Bonchev–Trinajstić information content (AvgIpc) is 2.21. The molecular formula is C10H12BrNO3. The van der Waals surface area contributed by atoms with Gasteiger partial charge >= 0.3 is 0 Å². The molecule has 0 heterocycles. The van der Waals surface area contributed by atoms with E-state index in [0.29, 0.717) is 4.47 Å². The third-order valence-corrected chi connectivity index (χ3v) is 2.35. The third kappa shape index (κ3) is 3.21. The highest BCUT2D eigenvalue weighted by atomic mass is 79.9. The van der Waals surface area contributed by atoms with Gasteiger partial charge in [0.15, 0.2) is 0 Å². The molecule has 0 fully saturated rings. The Morgan fingerprint density at radius 2 is 2.27 bits per heavy atom. The first kappa shape index (κ1) is 12.0. The molecule has 5 heteroatoms. The number of phenols is 1. The van der Waals surface area contributed by atoms with Gasteiger partial charge < -0.3 is 15.5 Å². The van der Waals surface area contributed by atoms with Crippen LogP contribution >= 0.6 is 15.9 Å². The molecule has 1 amide bonds. The largest absolute Gasteiger partial charge is 0.507 e. The van der Waals surface area contributed by atoms with Crippen LogP contribution in [0.2, 0.25) is 0 Å². The van der Waals surface area contributed by atoms with Crippen molar-refractivity contribution < 1.29 is 15.0 Å². The average molecular weight is 274 g/mol. The van der Waals surface area contributed by atoms with Crippen LogP contribution < -0.4 is 5.32 Å². The highest BCUT2D eigenvalue weighted by molar-refractivity contribution is 9.10. The molecule has 1 atom stereocenters. The molecule has 82 valence electrons. The number of aliphatic hydroxyl groups excluding tert-OH is 1. The number of aromatic hydroxyl groups is 1. The van der Waals surface area contributed by atoms with Gasteiger partial charge in [0, 0.05) is 10.5 Å². The fourth-order valence-electron chi connectivity index (χ4n) is 1.04. The molecule has 0 saturated heterocycles. The van der Waals surface area contributed by atoms with Gasteiger partial charge in [-0.25, -0.2) is 0 Å². The number of carbonyl (C=O) groups excluding carboxylic acids is 1. The van der Waals surface area contributed by atoms with E-state index in [0.717, 1.165) is 0 Å². The lowest BCUT2D eigenvalue weighted by Crippen LogP contribution is -2.35. The topological polar surface area (TPSA) is 69.6 Å². The molecule has 1 aromatic rings. The minimum absolute atomic E-state index is 0.0826. The molecule has 15 heavy (non-hydrogen) atoms. The number of aliphatic hydroxyl groups is 1. The molecule has 4 nitrogen and oxygen atoms in total. The van der Waals surface area contributed by atoms with Crippen LogP contribution in [0.15, 0.2) is 22.7 Å². The summed E-state index contributed by atoms with van der Waals surface area (Å²) < 4.78 is 0.710. The number of rotatable bonds is 3. The van der Waals surface area contributed by atoms with Crippen LogP contribution in [0.1, 0.15) is 17.3 Å². The summed E-state index contributed by atoms with van der Waals surface area (Å²) in [6, 6.07) is 4.26. The zero-order chi connectivity index (χ0) is 11.4. The second kappa shape index (κ2) is 5.14. The van der Waals surface area contributed by atoms with Gasteiger partial charge in [0.25, 0.3) is 5.91 Å². The van der Waals surface area contributed by atoms with Gasteiger partial charge in [0.2, 0.25) is 0 Å². The van der Waals surface area contributed by atoms with Crippen LogP contribution in [-0.2, 0) is 0 Å². The van der Waals surface area contributed by atoms with Crippen molar-refractivity contribution in [2.45, 2.75) is 13.0 Å². The van der Waals surface area contributed by atoms with E-state index in [-0.39, 0.29) is 24.0 Å². The monoisotopic (exact) mass is 273 g/mol. The Labute approximate surface area is 96.1 Å². The van der Waals surface area contributed by atoms with Crippen molar-refractivity contribution in [3.63, 3.8) is 0 Å². The first-order chi connectivity index (χ1) is 7.04. The van der Waals surface area contributed by atoms with Crippen LogP contribution in [0.3, 0.4) is 0 Å². The molecule has 1 rings (SSSR count). The van der Waals surface area contributed by atoms with Crippen LogP contribution in [-0.4, -0.2) is 28.8 Å². The molecule has 0 saturated carbocycles. The SMILES string of the molecule is CC(CO)NC(=O)c1cc(Br)ccc1O. The maximum atomic E-state index is 11.6. The van der Waals surface area contributed by atoms with Gasteiger partial charge in [-0.3, -0.25) is 4.79 Å². The van der Waals surface area contributed by atoms with Gasteiger partial charge in [-0.1, -0.05) is 15.9 Å². The number of amides is 1. The fraction of sp³-hybridized carbons (Fsp3) is 0.300. The molecule has 0 aromatic heterocycles. The van der Waals surface area contributed by atoms with Gasteiger partial charge in [-0.2, -0.15) is 0 Å². The van der Waals surface area contributed by atoms with Crippen molar-refractivity contribution >= 4 is 21.8 Å². The summed E-state index contributed by atoms with van der Waals surface area (Å²) in [6.45, 7) is 1.54. The second-order valence-corrected chi connectivity index (χ2v) is 4.13. The summed E-state index contributed by atoms with van der Waals surface area (Å²) in [4.78, 5) is 11.6. The lowest BCUT2D eigenvalue weighted by molar-refractivity contribution is 0.0919. The van der Waals surface area contributed by atoms with E-state index in [1.54, 1.807) is 13.0 Å². The van der Waals surface area contributed by atoms with Gasteiger partial charge in [-0.05, 0) is 25.1 Å². The number of phenolic OH excluding ortho intramolecular Hbond substituents is 1. The number of benzene rings is 1. The minimum Gasteiger partial charge on any atom is -0.507 e. The maximum absolute atomic E-state index is 11.6. The van der Waals surface area contributed by atoms with E-state index in [2.05, 4.69) is 21.2 Å². The third-order valence-electron chi connectivity index (χ3n) is 1.85. The first-order valence-corrected chi connectivity index (χ1v) is 5.24. The standard InChI is InChI=1S/C10H12BrNO3/c1-6(5-13)12-10(15)8-4-7(11)2-3-9(8)14/h2-4,6,13-14H,5H2,1H3,(H,12,15). The highest BCUT2D eigenvalue weighted by Gasteiger charge is 2.13. The Hall–Kier alpha value is -1.07. The predicted molar refractivity (Wildman–Crippen MR) is 59.8 cm³/mol. The first-order valence-electron chi connectivity index (χ1n) is 4.45. The number of halogens is 1. The molecule has 3 N–H and O–H groups in total. The van der Waals surface area contributed by atoms with Crippen molar-refractivity contribution in [3.05, 3.63) is 28.2 Å². The molecule has 1 unspecified atom stereocenters. The smallest absolute Gasteiger partial charge is 0.255 e. The van der Waals surface area contributed by atoms with Crippen molar-refractivity contribution in [1.29, 1.82) is 0 Å². The van der Waals surface area contributed by atoms with Crippen molar-refractivity contribution in [2.24, 2.45) is 0 Å². The van der Waals surface area contributed by atoms with Gasteiger partial charge in [-0.15, -0.1) is 0 Å². The van der Waals surface area contributed by atoms with Crippen LogP contribution in [0.4, 0.5) is 0 Å². The molecule has 0 radical (unpaired) electrons. The lowest BCUT2D eigenvalue weighted by atomic mass is 10.2. The Kier molecular flexibility index (Phi) is 4.11. The molecule has 0 bridgehead atoms. The molecule has 1 aromatic carbocycles. The van der Waals surface area contributed by atoms with Crippen molar-refractivity contribution in [3.8, 4) is 5.75 Å². The zero-order valence-corrected chi connectivity index (χ0v) is 9.78. The van der Waals surface area contributed by atoms with E-state index < -0.39 is 5.91 Å². The molecular weight excluding hydrogens is 262 g/mol. The predicted octanol–water partition coefficient (Wildman–Crippen LogP) is 1.27.